The Morgan fingerprint density at radius 1 is 1.21 bits per heavy atom. The molecule has 1 saturated carbocycles. The van der Waals surface area contributed by atoms with Crippen LogP contribution in [0, 0.1) is 0 Å². The van der Waals surface area contributed by atoms with E-state index in [0.29, 0.717) is 11.4 Å². The fourth-order valence-electron chi connectivity index (χ4n) is 3.61. The highest BCUT2D eigenvalue weighted by Crippen LogP contribution is 2.26. The van der Waals surface area contributed by atoms with Gasteiger partial charge < -0.3 is 9.64 Å². The monoisotopic (exact) mass is 347 g/mol. The smallest absolute Gasteiger partial charge is 0.254 e. The Hall–Kier alpha value is -1.27. The third kappa shape index (κ3) is 3.54. The van der Waals surface area contributed by atoms with E-state index in [9.17, 15) is 4.79 Å². The molecule has 0 unspecified atom stereocenters. The summed E-state index contributed by atoms with van der Waals surface area (Å²) in [6, 6.07) is 4.38. The van der Waals surface area contributed by atoms with E-state index >= 15 is 0 Å². The average Bonchev–Trinajstić information content (AvgIpc) is 3.07. The molecule has 0 radical (unpaired) electrons. The van der Waals surface area contributed by atoms with Gasteiger partial charge in [-0.15, -0.1) is 0 Å². The number of carbonyl (C=O) groups excluding carboxylic acids is 1. The lowest BCUT2D eigenvalue weighted by atomic mass is 9.91. The standard InChI is InChI=1S/C18H25N3O2S/c22-18(21-9-7-20(8-10-21)15-2-1-3-15)14-4-6-19-17(12-14)23-16-5-11-24-13-16/h4,6,12,15-16H,1-3,5,7-11,13H2/t16-/m0/s1. The summed E-state index contributed by atoms with van der Waals surface area (Å²) in [6.45, 7) is 3.66. The van der Waals surface area contributed by atoms with Gasteiger partial charge in [0.15, 0.2) is 0 Å². The molecule has 0 aromatic carbocycles. The average molecular weight is 347 g/mol. The molecule has 2 saturated heterocycles. The van der Waals surface area contributed by atoms with Crippen LogP contribution in [0.5, 0.6) is 5.88 Å². The Labute approximate surface area is 147 Å². The number of carbonyl (C=O) groups is 1. The van der Waals surface area contributed by atoms with Crippen molar-refractivity contribution in [2.45, 2.75) is 37.8 Å². The molecule has 3 fully saturated rings. The first-order valence-electron chi connectivity index (χ1n) is 9.03. The number of hydrogen-bond donors (Lipinski definition) is 0. The molecular formula is C18H25N3O2S. The van der Waals surface area contributed by atoms with E-state index < -0.39 is 0 Å². The second-order valence-corrected chi connectivity index (χ2v) is 8.05. The highest BCUT2D eigenvalue weighted by atomic mass is 32.2. The lowest BCUT2D eigenvalue weighted by Gasteiger charge is -2.42. The molecular weight excluding hydrogens is 322 g/mol. The van der Waals surface area contributed by atoms with Crippen LogP contribution in [0.25, 0.3) is 0 Å². The van der Waals surface area contributed by atoms with Crippen LogP contribution < -0.4 is 4.74 Å². The molecule has 5 nitrogen and oxygen atoms in total. The fraction of sp³-hybridized carbons (Fsp3) is 0.667. The molecule has 0 bridgehead atoms. The summed E-state index contributed by atoms with van der Waals surface area (Å²) in [4.78, 5) is 21.6. The summed E-state index contributed by atoms with van der Waals surface area (Å²) in [5.41, 5.74) is 0.697. The van der Waals surface area contributed by atoms with Crippen LogP contribution in [0.1, 0.15) is 36.0 Å². The van der Waals surface area contributed by atoms with Crippen LogP contribution >= 0.6 is 11.8 Å². The van der Waals surface area contributed by atoms with E-state index in [1.165, 1.54) is 19.3 Å². The maximum Gasteiger partial charge on any atom is 0.254 e. The van der Waals surface area contributed by atoms with Crippen molar-refractivity contribution < 1.29 is 9.53 Å². The van der Waals surface area contributed by atoms with Gasteiger partial charge in [-0.2, -0.15) is 11.8 Å². The molecule has 1 atom stereocenters. The predicted octanol–water partition coefficient (Wildman–Crippen LogP) is 2.28. The molecule has 3 aliphatic rings. The zero-order valence-electron chi connectivity index (χ0n) is 14.0. The van der Waals surface area contributed by atoms with Gasteiger partial charge >= 0.3 is 0 Å². The maximum absolute atomic E-state index is 12.8. The van der Waals surface area contributed by atoms with Gasteiger partial charge in [0.25, 0.3) is 5.91 Å². The minimum absolute atomic E-state index is 0.108. The molecule has 0 spiro atoms. The van der Waals surface area contributed by atoms with Gasteiger partial charge in [-0.3, -0.25) is 9.69 Å². The van der Waals surface area contributed by atoms with Crippen molar-refractivity contribution >= 4 is 17.7 Å². The lowest BCUT2D eigenvalue weighted by molar-refractivity contribution is 0.0455. The van der Waals surface area contributed by atoms with Crippen LogP contribution in [0.15, 0.2) is 18.3 Å². The maximum atomic E-state index is 12.8. The Morgan fingerprint density at radius 3 is 2.71 bits per heavy atom. The summed E-state index contributed by atoms with van der Waals surface area (Å²) in [5.74, 6) is 2.86. The van der Waals surface area contributed by atoms with Gasteiger partial charge in [0.05, 0.1) is 0 Å². The summed E-state index contributed by atoms with van der Waals surface area (Å²) in [5, 5.41) is 0. The molecule has 0 N–H and O–H groups in total. The molecule has 4 rings (SSSR count). The normalized spacial score (nSPS) is 25.5. The molecule has 1 aliphatic carbocycles. The zero-order valence-corrected chi connectivity index (χ0v) is 14.8. The van der Waals surface area contributed by atoms with Crippen molar-refractivity contribution in [2.24, 2.45) is 0 Å². The van der Waals surface area contributed by atoms with E-state index in [-0.39, 0.29) is 12.0 Å². The van der Waals surface area contributed by atoms with Gasteiger partial charge in [0, 0.05) is 55.8 Å². The minimum atomic E-state index is 0.108. The first kappa shape index (κ1) is 16.2. The van der Waals surface area contributed by atoms with Gasteiger partial charge in [-0.1, -0.05) is 6.42 Å². The van der Waals surface area contributed by atoms with Crippen molar-refractivity contribution in [1.82, 2.24) is 14.8 Å². The Kier molecular flexibility index (Phi) is 4.94. The number of pyridine rings is 1. The molecule has 1 aromatic rings. The largest absolute Gasteiger partial charge is 0.473 e. The fourth-order valence-corrected chi connectivity index (χ4v) is 4.70. The van der Waals surface area contributed by atoms with E-state index in [1.807, 2.05) is 22.7 Å². The second-order valence-electron chi connectivity index (χ2n) is 6.90. The van der Waals surface area contributed by atoms with Crippen molar-refractivity contribution in [1.29, 1.82) is 0 Å². The number of piperazine rings is 1. The topological polar surface area (TPSA) is 45.7 Å². The van der Waals surface area contributed by atoms with Crippen LogP contribution in [-0.4, -0.2) is 70.5 Å². The van der Waals surface area contributed by atoms with Gasteiger partial charge in [0.1, 0.15) is 6.10 Å². The first-order chi connectivity index (χ1) is 11.8. The number of ether oxygens (including phenoxy) is 1. The van der Waals surface area contributed by atoms with Crippen LogP contribution in [0.4, 0.5) is 0 Å². The molecule has 1 amide bonds. The number of hydrogen-bond acceptors (Lipinski definition) is 5. The summed E-state index contributed by atoms with van der Waals surface area (Å²) >= 11 is 1.91. The predicted molar refractivity (Wildman–Crippen MR) is 95.7 cm³/mol. The Balaban J connectivity index is 1.35. The summed E-state index contributed by atoms with van der Waals surface area (Å²) in [7, 11) is 0. The lowest BCUT2D eigenvalue weighted by Crippen LogP contribution is -2.53. The van der Waals surface area contributed by atoms with E-state index in [0.717, 1.165) is 50.1 Å². The number of rotatable bonds is 4. The highest BCUT2D eigenvalue weighted by molar-refractivity contribution is 7.99. The second kappa shape index (κ2) is 7.31. The van der Waals surface area contributed by atoms with Crippen molar-refractivity contribution in [2.75, 3.05) is 37.7 Å². The molecule has 3 heterocycles. The van der Waals surface area contributed by atoms with E-state index in [4.69, 9.17) is 4.74 Å². The number of amides is 1. The van der Waals surface area contributed by atoms with Crippen LogP contribution in [-0.2, 0) is 0 Å². The van der Waals surface area contributed by atoms with Crippen LogP contribution in [0.2, 0.25) is 0 Å². The minimum Gasteiger partial charge on any atom is -0.473 e. The third-order valence-corrected chi connectivity index (χ3v) is 6.48. The first-order valence-corrected chi connectivity index (χ1v) is 10.2. The van der Waals surface area contributed by atoms with Crippen LogP contribution in [0.3, 0.4) is 0 Å². The van der Waals surface area contributed by atoms with E-state index in [2.05, 4.69) is 9.88 Å². The summed E-state index contributed by atoms with van der Waals surface area (Å²) in [6.07, 6.45) is 7.02. The van der Waals surface area contributed by atoms with E-state index in [1.54, 1.807) is 12.3 Å². The van der Waals surface area contributed by atoms with Gasteiger partial charge in [-0.25, -0.2) is 4.98 Å². The molecule has 2 aliphatic heterocycles. The van der Waals surface area contributed by atoms with Gasteiger partial charge in [-0.05, 0) is 31.1 Å². The highest BCUT2D eigenvalue weighted by Gasteiger charge is 2.29. The zero-order chi connectivity index (χ0) is 16.4. The number of nitrogens with zero attached hydrogens (tertiary/aromatic N) is 3. The van der Waals surface area contributed by atoms with Crippen molar-refractivity contribution in [3.05, 3.63) is 23.9 Å². The summed E-state index contributed by atoms with van der Waals surface area (Å²) < 4.78 is 5.91. The SMILES string of the molecule is O=C(c1ccnc(O[C@H]2CCSC2)c1)N1CCN(C2CCC2)CC1. The Bertz CT molecular complexity index is 579. The molecule has 1 aromatic heterocycles. The third-order valence-electron chi connectivity index (χ3n) is 5.35. The molecule has 6 heteroatoms. The molecule has 24 heavy (non-hydrogen) atoms. The van der Waals surface area contributed by atoms with Crippen molar-refractivity contribution in [3.8, 4) is 5.88 Å². The quantitative estimate of drug-likeness (QED) is 0.836. The van der Waals surface area contributed by atoms with Crippen molar-refractivity contribution in [3.63, 3.8) is 0 Å². The Morgan fingerprint density at radius 2 is 2.04 bits per heavy atom. The molecule has 130 valence electrons. The number of aromatic nitrogens is 1. The van der Waals surface area contributed by atoms with Gasteiger partial charge in [0.2, 0.25) is 5.88 Å². The number of thioether (sulfide) groups is 1.